The van der Waals surface area contributed by atoms with Crippen molar-refractivity contribution >= 4 is 5.82 Å². The first-order valence-electron chi connectivity index (χ1n) is 3.74. The van der Waals surface area contributed by atoms with E-state index in [-0.39, 0.29) is 0 Å². The fourth-order valence-electron chi connectivity index (χ4n) is 0.810. The van der Waals surface area contributed by atoms with Crippen LogP contribution in [0.25, 0.3) is 0 Å². The minimum Gasteiger partial charge on any atom is -0.384 e. The summed E-state index contributed by atoms with van der Waals surface area (Å²) in [5.74, 6) is 0.574. The fourth-order valence-corrected chi connectivity index (χ4v) is 0.810. The first kappa shape index (κ1) is 8.01. The minimum atomic E-state index is 0.574. The molecular weight excluding hydrogens is 138 g/mol. The molecule has 0 bridgehead atoms. The number of anilines is 1. The Morgan fingerprint density at radius 2 is 2.36 bits per heavy atom. The Labute approximate surface area is 66.6 Å². The molecule has 0 aliphatic heterocycles. The summed E-state index contributed by atoms with van der Waals surface area (Å²) < 4.78 is 0. The van der Waals surface area contributed by atoms with Gasteiger partial charge in [0.25, 0.3) is 0 Å². The maximum atomic E-state index is 5.42. The van der Waals surface area contributed by atoms with Crippen molar-refractivity contribution in [3.8, 4) is 0 Å². The van der Waals surface area contributed by atoms with E-state index >= 15 is 0 Å². The third-order valence-corrected chi connectivity index (χ3v) is 1.43. The zero-order valence-corrected chi connectivity index (χ0v) is 6.67. The third-order valence-electron chi connectivity index (χ3n) is 1.43. The van der Waals surface area contributed by atoms with Crippen molar-refractivity contribution in [2.45, 2.75) is 13.5 Å². The normalized spacial score (nSPS) is 9.91. The highest BCUT2D eigenvalue weighted by atomic mass is 14.9. The van der Waals surface area contributed by atoms with Gasteiger partial charge in [-0.3, -0.25) is 0 Å². The quantitative estimate of drug-likeness (QED) is 0.671. The van der Waals surface area contributed by atoms with Crippen LogP contribution >= 0.6 is 0 Å². The van der Waals surface area contributed by atoms with E-state index in [9.17, 15) is 0 Å². The molecule has 0 aromatic carbocycles. The highest BCUT2D eigenvalue weighted by Crippen LogP contribution is 1.99. The summed E-state index contributed by atoms with van der Waals surface area (Å²) in [7, 11) is 0. The van der Waals surface area contributed by atoms with Gasteiger partial charge < -0.3 is 11.1 Å². The predicted molar refractivity (Wildman–Crippen MR) is 46.0 cm³/mol. The second-order valence-electron chi connectivity index (χ2n) is 2.37. The summed E-state index contributed by atoms with van der Waals surface area (Å²) >= 11 is 0. The number of nitrogens with zero attached hydrogens (tertiary/aromatic N) is 1. The van der Waals surface area contributed by atoms with Gasteiger partial charge in [-0.15, -0.1) is 0 Å². The standard InChI is InChI=1S/C8H13N3/c1-2-10-5-7-3-4-8(9)11-6-7/h3-4,6,10H,2,5H2,1H3,(H2,9,11). The van der Waals surface area contributed by atoms with E-state index in [2.05, 4.69) is 17.2 Å². The number of rotatable bonds is 3. The van der Waals surface area contributed by atoms with Gasteiger partial charge in [0.15, 0.2) is 0 Å². The second-order valence-corrected chi connectivity index (χ2v) is 2.37. The average molecular weight is 151 g/mol. The predicted octanol–water partition coefficient (Wildman–Crippen LogP) is 0.773. The van der Waals surface area contributed by atoms with Crippen LogP contribution in [0.2, 0.25) is 0 Å². The lowest BCUT2D eigenvalue weighted by Gasteiger charge is -2.00. The SMILES string of the molecule is CCNCc1ccc(N)nc1. The molecule has 1 heterocycles. The van der Waals surface area contributed by atoms with E-state index in [1.807, 2.05) is 12.1 Å². The molecular formula is C8H13N3. The molecule has 0 unspecified atom stereocenters. The van der Waals surface area contributed by atoms with Crippen molar-refractivity contribution in [1.82, 2.24) is 10.3 Å². The molecule has 3 nitrogen and oxygen atoms in total. The van der Waals surface area contributed by atoms with E-state index in [1.165, 1.54) is 5.56 Å². The molecule has 0 spiro atoms. The van der Waals surface area contributed by atoms with Gasteiger partial charge in [0.1, 0.15) is 5.82 Å². The first-order chi connectivity index (χ1) is 5.33. The number of aromatic nitrogens is 1. The number of hydrogen-bond donors (Lipinski definition) is 2. The van der Waals surface area contributed by atoms with Crippen molar-refractivity contribution in [1.29, 1.82) is 0 Å². The molecule has 3 N–H and O–H groups in total. The number of nitrogen functional groups attached to an aromatic ring is 1. The van der Waals surface area contributed by atoms with Gasteiger partial charge in [0, 0.05) is 12.7 Å². The molecule has 0 atom stereocenters. The van der Waals surface area contributed by atoms with Crippen molar-refractivity contribution in [2.24, 2.45) is 0 Å². The summed E-state index contributed by atoms with van der Waals surface area (Å²) in [6.07, 6.45) is 1.79. The highest BCUT2D eigenvalue weighted by molar-refractivity contribution is 5.29. The van der Waals surface area contributed by atoms with E-state index in [1.54, 1.807) is 6.20 Å². The van der Waals surface area contributed by atoms with Crippen LogP contribution in [-0.2, 0) is 6.54 Å². The van der Waals surface area contributed by atoms with Crippen molar-refractivity contribution < 1.29 is 0 Å². The van der Waals surface area contributed by atoms with Gasteiger partial charge in [-0.1, -0.05) is 13.0 Å². The topological polar surface area (TPSA) is 50.9 Å². The van der Waals surface area contributed by atoms with Crippen molar-refractivity contribution in [3.63, 3.8) is 0 Å². The van der Waals surface area contributed by atoms with Crippen LogP contribution in [0.15, 0.2) is 18.3 Å². The van der Waals surface area contributed by atoms with E-state index in [0.29, 0.717) is 5.82 Å². The summed E-state index contributed by atoms with van der Waals surface area (Å²) in [4.78, 5) is 3.97. The van der Waals surface area contributed by atoms with Gasteiger partial charge in [-0.05, 0) is 18.2 Å². The van der Waals surface area contributed by atoms with Gasteiger partial charge in [0.2, 0.25) is 0 Å². The molecule has 0 aliphatic carbocycles. The molecule has 1 aromatic heterocycles. The molecule has 11 heavy (non-hydrogen) atoms. The number of nitrogens with one attached hydrogen (secondary N) is 1. The van der Waals surface area contributed by atoms with Gasteiger partial charge >= 0.3 is 0 Å². The second kappa shape index (κ2) is 3.93. The average Bonchev–Trinajstić information content (AvgIpc) is 2.04. The Morgan fingerprint density at radius 1 is 1.55 bits per heavy atom. The van der Waals surface area contributed by atoms with Crippen LogP contribution in [0.4, 0.5) is 5.82 Å². The molecule has 0 amide bonds. The number of pyridine rings is 1. The van der Waals surface area contributed by atoms with Crippen LogP contribution in [0.5, 0.6) is 0 Å². The lowest BCUT2D eigenvalue weighted by Crippen LogP contribution is -2.11. The summed E-state index contributed by atoms with van der Waals surface area (Å²) in [6.45, 7) is 3.92. The zero-order chi connectivity index (χ0) is 8.10. The number of nitrogens with two attached hydrogens (primary N) is 1. The number of hydrogen-bond acceptors (Lipinski definition) is 3. The lowest BCUT2D eigenvalue weighted by atomic mass is 10.3. The van der Waals surface area contributed by atoms with E-state index < -0.39 is 0 Å². The fraction of sp³-hybridized carbons (Fsp3) is 0.375. The monoisotopic (exact) mass is 151 g/mol. The molecule has 0 radical (unpaired) electrons. The van der Waals surface area contributed by atoms with Crippen LogP contribution in [0, 0.1) is 0 Å². The Kier molecular flexibility index (Phi) is 2.86. The first-order valence-corrected chi connectivity index (χ1v) is 3.74. The van der Waals surface area contributed by atoms with Gasteiger partial charge in [-0.25, -0.2) is 4.98 Å². The van der Waals surface area contributed by atoms with Crippen LogP contribution in [0.1, 0.15) is 12.5 Å². The summed E-state index contributed by atoms with van der Waals surface area (Å²) in [5, 5.41) is 3.20. The smallest absolute Gasteiger partial charge is 0.123 e. The summed E-state index contributed by atoms with van der Waals surface area (Å²) in [6, 6.07) is 3.79. The Hall–Kier alpha value is -1.09. The highest BCUT2D eigenvalue weighted by Gasteiger charge is 1.90. The maximum Gasteiger partial charge on any atom is 0.123 e. The van der Waals surface area contributed by atoms with Crippen LogP contribution < -0.4 is 11.1 Å². The molecule has 60 valence electrons. The van der Waals surface area contributed by atoms with Crippen molar-refractivity contribution in [2.75, 3.05) is 12.3 Å². The van der Waals surface area contributed by atoms with Crippen LogP contribution in [-0.4, -0.2) is 11.5 Å². The van der Waals surface area contributed by atoms with Crippen molar-refractivity contribution in [3.05, 3.63) is 23.9 Å². The molecule has 0 fully saturated rings. The maximum absolute atomic E-state index is 5.42. The minimum absolute atomic E-state index is 0.574. The van der Waals surface area contributed by atoms with Crippen LogP contribution in [0.3, 0.4) is 0 Å². The molecule has 1 aromatic rings. The lowest BCUT2D eigenvalue weighted by molar-refractivity contribution is 0.724. The largest absolute Gasteiger partial charge is 0.384 e. The zero-order valence-electron chi connectivity index (χ0n) is 6.67. The Balaban J connectivity index is 2.52. The van der Waals surface area contributed by atoms with E-state index in [0.717, 1.165) is 13.1 Å². The van der Waals surface area contributed by atoms with E-state index in [4.69, 9.17) is 5.73 Å². The van der Waals surface area contributed by atoms with Gasteiger partial charge in [0.05, 0.1) is 0 Å². The molecule has 0 aliphatic rings. The van der Waals surface area contributed by atoms with Gasteiger partial charge in [-0.2, -0.15) is 0 Å². The Bertz CT molecular complexity index is 205. The molecule has 0 saturated carbocycles. The Morgan fingerprint density at radius 3 is 2.91 bits per heavy atom. The summed E-state index contributed by atoms with van der Waals surface area (Å²) in [5.41, 5.74) is 6.59. The third kappa shape index (κ3) is 2.55. The molecule has 0 saturated heterocycles. The molecule has 3 heteroatoms. The molecule has 1 rings (SSSR count).